The van der Waals surface area contributed by atoms with Crippen LogP contribution in [0.3, 0.4) is 0 Å². The lowest BCUT2D eigenvalue weighted by atomic mass is 9.87. The van der Waals surface area contributed by atoms with Crippen LogP contribution in [0.25, 0.3) is 6.08 Å². The van der Waals surface area contributed by atoms with Crippen molar-refractivity contribution in [3.63, 3.8) is 0 Å². The molecule has 0 aromatic heterocycles. The zero-order chi connectivity index (χ0) is 17.8. The van der Waals surface area contributed by atoms with Gasteiger partial charge in [0, 0.05) is 5.02 Å². The molecule has 0 amide bonds. The van der Waals surface area contributed by atoms with E-state index in [0.717, 1.165) is 11.1 Å². The van der Waals surface area contributed by atoms with E-state index in [1.165, 1.54) is 0 Å². The monoisotopic (exact) mass is 364 g/mol. The molecule has 0 saturated heterocycles. The van der Waals surface area contributed by atoms with Crippen molar-refractivity contribution < 1.29 is 12.6 Å². The third-order valence-corrected chi connectivity index (χ3v) is 5.06. The van der Waals surface area contributed by atoms with Gasteiger partial charge in [-0.3, -0.25) is 4.18 Å². The van der Waals surface area contributed by atoms with Gasteiger partial charge in [-0.25, -0.2) is 0 Å². The first-order valence-corrected chi connectivity index (χ1v) is 9.39. The van der Waals surface area contributed by atoms with E-state index in [1.54, 1.807) is 36.4 Å². The Morgan fingerprint density at radius 1 is 1.00 bits per heavy atom. The molecular weight excluding hydrogens is 344 g/mol. The van der Waals surface area contributed by atoms with Crippen LogP contribution in [0.15, 0.2) is 59.5 Å². The van der Waals surface area contributed by atoms with Crippen LogP contribution in [0.4, 0.5) is 0 Å². The van der Waals surface area contributed by atoms with E-state index in [4.69, 9.17) is 15.8 Å². The Bertz CT molecular complexity index is 799. The quantitative estimate of drug-likeness (QED) is 0.697. The number of benzene rings is 2. The lowest BCUT2D eigenvalue weighted by Gasteiger charge is -2.19. The van der Waals surface area contributed by atoms with Crippen molar-refractivity contribution in [1.29, 1.82) is 0 Å². The van der Waals surface area contributed by atoms with Crippen molar-refractivity contribution in [2.75, 3.05) is 6.61 Å². The molecule has 2 aromatic carbocycles. The topological polar surface area (TPSA) is 43.4 Å². The highest BCUT2D eigenvalue weighted by Gasteiger charge is 2.17. The summed E-state index contributed by atoms with van der Waals surface area (Å²) in [7, 11) is -3.76. The maximum absolute atomic E-state index is 12.2. The molecule has 2 rings (SSSR count). The largest absolute Gasteiger partial charge is 0.297 e. The highest BCUT2D eigenvalue weighted by molar-refractivity contribution is 7.86. The SMILES string of the molecule is CC(C)(C)c1ccc(S(=O)(=O)OC/C=C/c2ccc(Cl)cc2)cc1. The van der Waals surface area contributed by atoms with Crippen LogP contribution in [0, 0.1) is 0 Å². The zero-order valence-electron chi connectivity index (χ0n) is 14.0. The average Bonchev–Trinajstić information content (AvgIpc) is 2.52. The number of hydrogen-bond donors (Lipinski definition) is 0. The average molecular weight is 365 g/mol. The Hall–Kier alpha value is -1.62. The van der Waals surface area contributed by atoms with E-state index in [-0.39, 0.29) is 16.9 Å². The Kier molecular flexibility index (Phi) is 5.86. The third-order valence-electron chi connectivity index (χ3n) is 3.51. The Balaban J connectivity index is 1.99. The summed E-state index contributed by atoms with van der Waals surface area (Å²) < 4.78 is 29.4. The second-order valence-electron chi connectivity index (χ2n) is 6.47. The molecular formula is C19H21ClO3S. The summed E-state index contributed by atoms with van der Waals surface area (Å²) in [5.41, 5.74) is 1.98. The fourth-order valence-electron chi connectivity index (χ4n) is 2.08. The van der Waals surface area contributed by atoms with E-state index in [9.17, 15) is 8.42 Å². The van der Waals surface area contributed by atoms with E-state index < -0.39 is 10.1 Å². The van der Waals surface area contributed by atoms with Gasteiger partial charge < -0.3 is 0 Å². The molecule has 0 unspecified atom stereocenters. The molecule has 0 fully saturated rings. The summed E-state index contributed by atoms with van der Waals surface area (Å²) in [4.78, 5) is 0.162. The van der Waals surface area contributed by atoms with Crippen molar-refractivity contribution >= 4 is 27.8 Å². The molecule has 0 bridgehead atoms. The van der Waals surface area contributed by atoms with E-state index in [1.807, 2.05) is 24.3 Å². The Morgan fingerprint density at radius 2 is 1.58 bits per heavy atom. The second kappa shape index (κ2) is 7.51. The van der Waals surface area contributed by atoms with E-state index >= 15 is 0 Å². The minimum atomic E-state index is -3.76. The van der Waals surface area contributed by atoms with Crippen molar-refractivity contribution in [3.05, 3.63) is 70.8 Å². The number of rotatable bonds is 5. The van der Waals surface area contributed by atoms with Crippen molar-refractivity contribution in [2.45, 2.75) is 31.1 Å². The van der Waals surface area contributed by atoms with E-state index in [2.05, 4.69) is 20.8 Å². The van der Waals surface area contributed by atoms with E-state index in [0.29, 0.717) is 5.02 Å². The molecule has 24 heavy (non-hydrogen) atoms. The summed E-state index contributed by atoms with van der Waals surface area (Å²) in [6.07, 6.45) is 3.44. The maximum atomic E-state index is 12.2. The molecule has 0 atom stereocenters. The van der Waals surface area contributed by atoms with Gasteiger partial charge in [0.05, 0.1) is 11.5 Å². The second-order valence-corrected chi connectivity index (χ2v) is 8.52. The molecule has 128 valence electrons. The Labute approximate surface area is 149 Å². The fraction of sp³-hybridized carbons (Fsp3) is 0.263. The summed E-state index contributed by atoms with van der Waals surface area (Å²) in [6, 6.07) is 14.0. The summed E-state index contributed by atoms with van der Waals surface area (Å²) in [5, 5.41) is 0.657. The predicted octanol–water partition coefficient (Wildman–Crippen LogP) is 5.06. The molecule has 3 nitrogen and oxygen atoms in total. The van der Waals surface area contributed by atoms with Crippen LogP contribution in [-0.4, -0.2) is 15.0 Å². The van der Waals surface area contributed by atoms with Gasteiger partial charge in [-0.05, 0) is 40.8 Å². The molecule has 0 saturated carbocycles. The van der Waals surface area contributed by atoms with Gasteiger partial charge in [-0.2, -0.15) is 8.42 Å². The van der Waals surface area contributed by atoms with Crippen LogP contribution in [0.5, 0.6) is 0 Å². The zero-order valence-corrected chi connectivity index (χ0v) is 15.6. The molecule has 0 radical (unpaired) electrons. The minimum absolute atomic E-state index is 0.0218. The predicted molar refractivity (Wildman–Crippen MR) is 98.8 cm³/mol. The summed E-state index contributed by atoms with van der Waals surface area (Å²) >= 11 is 5.81. The van der Waals surface area contributed by atoms with Crippen LogP contribution in [-0.2, 0) is 19.7 Å². The number of hydrogen-bond acceptors (Lipinski definition) is 3. The van der Waals surface area contributed by atoms with Crippen molar-refractivity contribution in [3.8, 4) is 0 Å². The molecule has 0 N–H and O–H groups in total. The van der Waals surface area contributed by atoms with Crippen molar-refractivity contribution in [2.24, 2.45) is 0 Å². The molecule has 0 aliphatic carbocycles. The van der Waals surface area contributed by atoms with Crippen molar-refractivity contribution in [1.82, 2.24) is 0 Å². The molecule has 0 spiro atoms. The molecule has 2 aromatic rings. The fourth-order valence-corrected chi connectivity index (χ4v) is 3.07. The van der Waals surface area contributed by atoms with Crippen LogP contribution >= 0.6 is 11.6 Å². The molecule has 0 heterocycles. The Morgan fingerprint density at radius 3 is 2.12 bits per heavy atom. The minimum Gasteiger partial charge on any atom is -0.262 e. The van der Waals surface area contributed by atoms with Gasteiger partial charge in [-0.15, -0.1) is 0 Å². The van der Waals surface area contributed by atoms with Crippen LogP contribution in [0.2, 0.25) is 5.02 Å². The van der Waals surface area contributed by atoms with Gasteiger partial charge in [-0.1, -0.05) is 68.8 Å². The summed E-state index contributed by atoms with van der Waals surface area (Å²) in [5.74, 6) is 0. The van der Waals surface area contributed by atoms with Crippen LogP contribution in [0.1, 0.15) is 31.9 Å². The first-order chi connectivity index (χ1) is 11.2. The highest BCUT2D eigenvalue weighted by atomic mass is 35.5. The molecule has 0 aliphatic heterocycles. The smallest absolute Gasteiger partial charge is 0.262 e. The lowest BCUT2D eigenvalue weighted by molar-refractivity contribution is 0.357. The van der Waals surface area contributed by atoms with Gasteiger partial charge in [0.25, 0.3) is 10.1 Å². The summed E-state index contributed by atoms with van der Waals surface area (Å²) in [6.45, 7) is 6.21. The third kappa shape index (κ3) is 5.20. The normalized spacial score (nSPS) is 12.7. The van der Waals surface area contributed by atoms with Gasteiger partial charge in [0.15, 0.2) is 0 Å². The van der Waals surface area contributed by atoms with Gasteiger partial charge in [0.1, 0.15) is 0 Å². The van der Waals surface area contributed by atoms with Gasteiger partial charge >= 0.3 is 0 Å². The molecule has 5 heteroatoms. The first kappa shape index (κ1) is 18.7. The number of halogens is 1. The molecule has 0 aliphatic rings. The van der Waals surface area contributed by atoms with Gasteiger partial charge in [0.2, 0.25) is 0 Å². The first-order valence-electron chi connectivity index (χ1n) is 7.60. The lowest BCUT2D eigenvalue weighted by Crippen LogP contribution is -2.12. The standard InChI is InChI=1S/C19H21ClO3S/c1-19(2,3)16-8-12-18(13-9-16)24(21,22)23-14-4-5-15-6-10-17(20)11-7-15/h4-13H,14H2,1-3H3/b5-4+. The van der Waals surface area contributed by atoms with Crippen LogP contribution < -0.4 is 0 Å². The maximum Gasteiger partial charge on any atom is 0.297 e. The highest BCUT2D eigenvalue weighted by Crippen LogP contribution is 2.24.